The molecule has 2 N–H and O–H groups in total. The first-order valence-electron chi connectivity index (χ1n) is 7.42. The Morgan fingerprint density at radius 1 is 1.08 bits per heavy atom. The van der Waals surface area contributed by atoms with Gasteiger partial charge in [-0.3, -0.25) is 4.79 Å². The van der Waals surface area contributed by atoms with Crippen molar-refractivity contribution in [1.29, 1.82) is 0 Å². The van der Waals surface area contributed by atoms with Crippen LogP contribution in [0.4, 0.5) is 5.69 Å². The van der Waals surface area contributed by atoms with Crippen molar-refractivity contribution in [2.45, 2.75) is 20.1 Å². The summed E-state index contributed by atoms with van der Waals surface area (Å²) in [6.45, 7) is 2.39. The van der Waals surface area contributed by atoms with Crippen molar-refractivity contribution in [3.05, 3.63) is 63.8 Å². The molecule has 2 aromatic carbocycles. The molecule has 0 spiro atoms. The highest BCUT2D eigenvalue weighted by atomic mass is 35.5. The summed E-state index contributed by atoms with van der Waals surface area (Å²) in [6, 6.07) is 11.4. The van der Waals surface area contributed by atoms with Crippen LogP contribution in [0.25, 0.3) is 10.9 Å². The quantitative estimate of drug-likeness (QED) is 0.659. The highest BCUT2D eigenvalue weighted by Gasteiger charge is 2.06. The number of aromatic nitrogens is 1. The molecule has 0 radical (unpaired) electrons. The molecule has 0 aliphatic heterocycles. The highest BCUT2D eigenvalue weighted by molar-refractivity contribution is 6.42. The Hall–Kier alpha value is -2.01. The van der Waals surface area contributed by atoms with E-state index in [1.54, 1.807) is 18.3 Å². The maximum Gasteiger partial charge on any atom is 0.221 e. The van der Waals surface area contributed by atoms with Gasteiger partial charge in [0.05, 0.1) is 28.9 Å². The minimum Gasteiger partial charge on any atom is -0.372 e. The van der Waals surface area contributed by atoms with Crippen molar-refractivity contribution < 1.29 is 9.53 Å². The van der Waals surface area contributed by atoms with E-state index in [-0.39, 0.29) is 5.91 Å². The molecule has 3 aromatic rings. The Morgan fingerprint density at radius 2 is 1.79 bits per heavy atom. The van der Waals surface area contributed by atoms with E-state index in [0.29, 0.717) is 23.3 Å². The number of hydrogen-bond donors (Lipinski definition) is 2. The van der Waals surface area contributed by atoms with Crippen LogP contribution in [0.2, 0.25) is 10.0 Å². The second kappa shape index (κ2) is 7.26. The third-order valence-corrected chi connectivity index (χ3v) is 4.32. The summed E-state index contributed by atoms with van der Waals surface area (Å²) < 4.78 is 5.75. The number of carbonyl (C=O) groups is 1. The molecular formula is C18H16Cl2N2O2. The number of benzene rings is 2. The van der Waals surface area contributed by atoms with Gasteiger partial charge in [0.25, 0.3) is 0 Å². The van der Waals surface area contributed by atoms with E-state index in [1.165, 1.54) is 6.92 Å². The average Bonchev–Trinajstić information content (AvgIpc) is 2.93. The number of hydrogen-bond acceptors (Lipinski definition) is 2. The lowest BCUT2D eigenvalue weighted by Gasteiger charge is -2.07. The first-order valence-corrected chi connectivity index (χ1v) is 8.18. The van der Waals surface area contributed by atoms with Crippen LogP contribution >= 0.6 is 23.2 Å². The fraction of sp³-hybridized carbons (Fsp3) is 0.167. The third-order valence-electron chi connectivity index (χ3n) is 3.58. The average molecular weight is 363 g/mol. The van der Waals surface area contributed by atoms with E-state index in [1.807, 2.05) is 24.3 Å². The standard InChI is InChI=1S/C18H16Cl2N2O2/c1-11(23)22-18-8-21-17-5-3-12(6-14(17)18)9-24-10-13-2-4-15(19)16(20)7-13/h2-8,21H,9-10H2,1H3,(H,22,23). The van der Waals surface area contributed by atoms with Crippen molar-refractivity contribution >= 4 is 45.7 Å². The molecule has 3 rings (SSSR count). The van der Waals surface area contributed by atoms with Crippen molar-refractivity contribution in [3.8, 4) is 0 Å². The Kier molecular flexibility index (Phi) is 5.09. The zero-order valence-electron chi connectivity index (χ0n) is 13.0. The minimum atomic E-state index is -0.0998. The zero-order valence-corrected chi connectivity index (χ0v) is 14.5. The number of amides is 1. The smallest absolute Gasteiger partial charge is 0.221 e. The summed E-state index contributed by atoms with van der Waals surface area (Å²) in [5.41, 5.74) is 3.72. The lowest BCUT2D eigenvalue weighted by Crippen LogP contribution is -2.04. The van der Waals surface area contributed by atoms with Gasteiger partial charge in [-0.1, -0.05) is 35.3 Å². The van der Waals surface area contributed by atoms with Crippen molar-refractivity contribution in [2.24, 2.45) is 0 Å². The number of carbonyl (C=O) groups excluding carboxylic acids is 1. The number of anilines is 1. The van der Waals surface area contributed by atoms with Gasteiger partial charge in [0.1, 0.15) is 0 Å². The Bertz CT molecular complexity index is 890. The van der Waals surface area contributed by atoms with Gasteiger partial charge in [-0.05, 0) is 35.4 Å². The first kappa shape index (κ1) is 16.8. The van der Waals surface area contributed by atoms with Gasteiger partial charge < -0.3 is 15.0 Å². The van der Waals surface area contributed by atoms with Crippen molar-refractivity contribution in [2.75, 3.05) is 5.32 Å². The molecule has 0 aliphatic rings. The normalized spacial score (nSPS) is 11.0. The monoisotopic (exact) mass is 362 g/mol. The van der Waals surface area contributed by atoms with E-state index in [9.17, 15) is 4.79 Å². The van der Waals surface area contributed by atoms with Crippen molar-refractivity contribution in [1.82, 2.24) is 4.98 Å². The summed E-state index contributed by atoms with van der Waals surface area (Å²) in [5.74, 6) is -0.0998. The summed E-state index contributed by atoms with van der Waals surface area (Å²) in [4.78, 5) is 14.4. The maximum atomic E-state index is 11.3. The van der Waals surface area contributed by atoms with Crippen LogP contribution in [-0.4, -0.2) is 10.9 Å². The van der Waals surface area contributed by atoms with E-state index >= 15 is 0 Å². The summed E-state index contributed by atoms with van der Waals surface area (Å²) in [7, 11) is 0. The molecule has 4 nitrogen and oxygen atoms in total. The Balaban J connectivity index is 1.68. The van der Waals surface area contributed by atoms with Gasteiger partial charge in [0.2, 0.25) is 5.91 Å². The van der Waals surface area contributed by atoms with Crippen LogP contribution in [0.5, 0.6) is 0 Å². The van der Waals surface area contributed by atoms with Crippen LogP contribution in [0.3, 0.4) is 0 Å². The molecule has 0 unspecified atom stereocenters. The predicted molar refractivity (Wildman–Crippen MR) is 97.6 cm³/mol. The molecule has 0 saturated heterocycles. The minimum absolute atomic E-state index is 0.0998. The third kappa shape index (κ3) is 3.90. The predicted octanol–water partition coefficient (Wildman–Crippen LogP) is 5.15. The number of aromatic amines is 1. The fourth-order valence-corrected chi connectivity index (χ4v) is 2.79. The molecule has 1 amide bonds. The summed E-state index contributed by atoms with van der Waals surface area (Å²) >= 11 is 11.9. The number of fused-ring (bicyclic) bond motifs is 1. The van der Waals surface area contributed by atoms with Crippen LogP contribution in [0.1, 0.15) is 18.1 Å². The lowest BCUT2D eigenvalue weighted by molar-refractivity contribution is -0.114. The zero-order chi connectivity index (χ0) is 17.1. The summed E-state index contributed by atoms with van der Waals surface area (Å²) in [6.07, 6.45) is 1.78. The topological polar surface area (TPSA) is 54.1 Å². The van der Waals surface area contributed by atoms with Crippen LogP contribution in [0, 0.1) is 0 Å². The van der Waals surface area contributed by atoms with E-state index < -0.39 is 0 Å². The van der Waals surface area contributed by atoms with Gasteiger partial charge in [-0.15, -0.1) is 0 Å². The second-order valence-electron chi connectivity index (χ2n) is 5.50. The van der Waals surface area contributed by atoms with Gasteiger partial charge in [0.15, 0.2) is 0 Å². The van der Waals surface area contributed by atoms with Crippen LogP contribution in [-0.2, 0) is 22.7 Å². The van der Waals surface area contributed by atoms with E-state index in [2.05, 4.69) is 10.3 Å². The molecule has 0 fully saturated rings. The van der Waals surface area contributed by atoms with Gasteiger partial charge in [-0.25, -0.2) is 0 Å². The number of H-pyrrole nitrogens is 1. The molecule has 124 valence electrons. The van der Waals surface area contributed by atoms with Gasteiger partial charge in [0, 0.05) is 24.0 Å². The van der Waals surface area contributed by atoms with Crippen LogP contribution < -0.4 is 5.32 Å². The van der Waals surface area contributed by atoms with Crippen molar-refractivity contribution in [3.63, 3.8) is 0 Å². The highest BCUT2D eigenvalue weighted by Crippen LogP contribution is 2.25. The lowest BCUT2D eigenvalue weighted by atomic mass is 10.1. The number of ether oxygens (including phenoxy) is 1. The SMILES string of the molecule is CC(=O)Nc1c[nH]c2ccc(COCc3ccc(Cl)c(Cl)c3)cc12. The second-order valence-corrected chi connectivity index (χ2v) is 6.32. The Morgan fingerprint density at radius 3 is 2.50 bits per heavy atom. The molecule has 1 heterocycles. The molecule has 24 heavy (non-hydrogen) atoms. The van der Waals surface area contributed by atoms with Gasteiger partial charge >= 0.3 is 0 Å². The molecular weight excluding hydrogens is 347 g/mol. The Labute approximate surface area is 149 Å². The molecule has 0 bridgehead atoms. The number of halogens is 2. The summed E-state index contributed by atoms with van der Waals surface area (Å²) in [5, 5.41) is 4.82. The molecule has 6 heteroatoms. The van der Waals surface area contributed by atoms with E-state index in [0.717, 1.165) is 27.7 Å². The largest absolute Gasteiger partial charge is 0.372 e. The number of nitrogens with one attached hydrogen (secondary N) is 2. The van der Waals surface area contributed by atoms with Gasteiger partial charge in [-0.2, -0.15) is 0 Å². The molecule has 0 aliphatic carbocycles. The molecule has 1 aromatic heterocycles. The molecule has 0 saturated carbocycles. The fourth-order valence-electron chi connectivity index (χ4n) is 2.47. The first-order chi connectivity index (χ1) is 11.5. The number of rotatable bonds is 5. The maximum absolute atomic E-state index is 11.3. The van der Waals surface area contributed by atoms with E-state index in [4.69, 9.17) is 27.9 Å². The van der Waals surface area contributed by atoms with Crippen LogP contribution in [0.15, 0.2) is 42.6 Å². The molecule has 0 atom stereocenters.